The minimum atomic E-state index is -1.74. The van der Waals surface area contributed by atoms with E-state index < -0.39 is 29.5 Å². The number of nitrogens with zero attached hydrogens (tertiary/aromatic N) is 1. The van der Waals surface area contributed by atoms with Crippen LogP contribution in [0.1, 0.15) is 25.0 Å². The maximum Gasteiger partial charge on any atom is 0.329 e. The minimum Gasteiger partial charge on any atom is -0.466 e. The van der Waals surface area contributed by atoms with Gasteiger partial charge in [-0.25, -0.2) is 4.79 Å². The van der Waals surface area contributed by atoms with Crippen LogP contribution in [-0.2, 0) is 24.7 Å². The van der Waals surface area contributed by atoms with Gasteiger partial charge in [-0.3, -0.25) is 4.79 Å². The molecule has 0 spiro atoms. The number of esters is 2. The third-order valence-electron chi connectivity index (χ3n) is 5.16. The first-order valence-electron chi connectivity index (χ1n) is 9.40. The summed E-state index contributed by atoms with van der Waals surface area (Å²) in [6.45, 7) is 3.71. The number of likely N-dealkylation sites (N-methyl/N-ethyl adjacent to an activating group) is 1. The number of carbonyl (C=O) groups is 2. The maximum atomic E-state index is 13.0. The Kier molecular flexibility index (Phi) is 5.70. The van der Waals surface area contributed by atoms with Crippen molar-refractivity contribution >= 4 is 17.6 Å². The molecule has 0 unspecified atom stereocenters. The van der Waals surface area contributed by atoms with E-state index in [2.05, 4.69) is 0 Å². The molecule has 1 aliphatic rings. The van der Waals surface area contributed by atoms with Crippen LogP contribution >= 0.6 is 0 Å². The number of para-hydroxylation sites is 1. The van der Waals surface area contributed by atoms with Gasteiger partial charge < -0.3 is 19.5 Å². The van der Waals surface area contributed by atoms with Gasteiger partial charge in [-0.15, -0.1) is 0 Å². The van der Waals surface area contributed by atoms with E-state index in [0.717, 1.165) is 0 Å². The lowest BCUT2D eigenvalue weighted by atomic mass is 9.69. The number of anilines is 1. The first kappa shape index (κ1) is 19.9. The van der Waals surface area contributed by atoms with Crippen molar-refractivity contribution < 1.29 is 24.2 Å². The number of aliphatic hydroxyl groups is 1. The molecular formula is C22H25NO5. The lowest BCUT2D eigenvalue weighted by Crippen LogP contribution is -2.60. The standard InChI is InChI=1S/C22H25NO5/c1-4-27-20(24)18-19(21(25)28-5-2)23(3)17-14-10-9-13-16(17)22(18,26)15-11-7-6-8-12-15/h6-14,18-19,26H,4-5H2,1-3H3/t18-,19-,22-/m1/s1. The average Bonchev–Trinajstić information content (AvgIpc) is 2.71. The van der Waals surface area contributed by atoms with Crippen LogP contribution in [0.4, 0.5) is 5.69 Å². The van der Waals surface area contributed by atoms with E-state index in [0.29, 0.717) is 16.8 Å². The Morgan fingerprint density at radius 3 is 2.18 bits per heavy atom. The van der Waals surface area contributed by atoms with Gasteiger partial charge in [0.2, 0.25) is 0 Å². The largest absolute Gasteiger partial charge is 0.466 e. The Bertz CT molecular complexity index is 853. The molecule has 2 aromatic rings. The molecule has 0 bridgehead atoms. The molecule has 0 aliphatic carbocycles. The van der Waals surface area contributed by atoms with Gasteiger partial charge in [-0.05, 0) is 25.5 Å². The van der Waals surface area contributed by atoms with Crippen LogP contribution in [0, 0.1) is 5.92 Å². The Morgan fingerprint density at radius 2 is 1.54 bits per heavy atom. The van der Waals surface area contributed by atoms with Crippen LogP contribution in [-0.4, -0.2) is 43.3 Å². The summed E-state index contributed by atoms with van der Waals surface area (Å²) in [5.41, 5.74) is -0.0220. The van der Waals surface area contributed by atoms with E-state index in [1.807, 2.05) is 18.2 Å². The number of rotatable bonds is 5. The molecule has 1 aliphatic heterocycles. The van der Waals surface area contributed by atoms with Gasteiger partial charge in [0.05, 0.1) is 13.2 Å². The molecule has 148 valence electrons. The van der Waals surface area contributed by atoms with Crippen molar-refractivity contribution in [3.63, 3.8) is 0 Å². The SMILES string of the molecule is CCOC(=O)[C@H]1[C@H](C(=O)OCC)[C@@](O)(c2ccccc2)c2ccccc2N1C. The average molecular weight is 383 g/mol. The van der Waals surface area contributed by atoms with Gasteiger partial charge in [-0.1, -0.05) is 48.5 Å². The van der Waals surface area contributed by atoms with Crippen LogP contribution in [0.25, 0.3) is 0 Å². The summed E-state index contributed by atoms with van der Waals surface area (Å²) in [6.07, 6.45) is 0. The van der Waals surface area contributed by atoms with Crippen molar-refractivity contribution in [3.8, 4) is 0 Å². The first-order chi connectivity index (χ1) is 13.5. The normalized spacial score (nSPS) is 23.6. The van der Waals surface area contributed by atoms with Crippen LogP contribution in [0.2, 0.25) is 0 Å². The van der Waals surface area contributed by atoms with Crippen LogP contribution < -0.4 is 4.90 Å². The van der Waals surface area contributed by atoms with E-state index in [-0.39, 0.29) is 13.2 Å². The molecule has 28 heavy (non-hydrogen) atoms. The Morgan fingerprint density at radius 1 is 0.964 bits per heavy atom. The number of carbonyl (C=O) groups excluding carboxylic acids is 2. The van der Waals surface area contributed by atoms with Gasteiger partial charge >= 0.3 is 11.9 Å². The maximum absolute atomic E-state index is 13.0. The van der Waals surface area contributed by atoms with E-state index in [1.165, 1.54) is 0 Å². The van der Waals surface area contributed by atoms with Gasteiger partial charge in [0.15, 0.2) is 0 Å². The molecular weight excluding hydrogens is 358 g/mol. The zero-order valence-corrected chi connectivity index (χ0v) is 16.3. The van der Waals surface area contributed by atoms with E-state index in [4.69, 9.17) is 9.47 Å². The van der Waals surface area contributed by atoms with Crippen LogP contribution in [0.15, 0.2) is 54.6 Å². The lowest BCUT2D eigenvalue weighted by Gasteiger charge is -2.48. The summed E-state index contributed by atoms with van der Waals surface area (Å²) < 4.78 is 10.5. The van der Waals surface area contributed by atoms with Crippen molar-refractivity contribution in [3.05, 3.63) is 65.7 Å². The van der Waals surface area contributed by atoms with Crippen LogP contribution in [0.5, 0.6) is 0 Å². The zero-order valence-electron chi connectivity index (χ0n) is 16.3. The predicted molar refractivity (Wildman–Crippen MR) is 105 cm³/mol. The number of ether oxygens (including phenoxy) is 2. The quantitative estimate of drug-likeness (QED) is 0.800. The summed E-state index contributed by atoms with van der Waals surface area (Å²) in [6, 6.07) is 15.1. The van der Waals surface area contributed by atoms with Gasteiger partial charge in [-0.2, -0.15) is 0 Å². The smallest absolute Gasteiger partial charge is 0.329 e. The summed E-state index contributed by atoms with van der Waals surface area (Å²) in [7, 11) is 1.72. The summed E-state index contributed by atoms with van der Waals surface area (Å²) in [4.78, 5) is 27.6. The van der Waals surface area contributed by atoms with Crippen molar-refractivity contribution in [1.82, 2.24) is 0 Å². The second-order valence-electron chi connectivity index (χ2n) is 6.69. The predicted octanol–water partition coefficient (Wildman–Crippen LogP) is 2.48. The van der Waals surface area contributed by atoms with E-state index in [9.17, 15) is 14.7 Å². The van der Waals surface area contributed by atoms with Crippen molar-refractivity contribution in [2.24, 2.45) is 5.92 Å². The lowest BCUT2D eigenvalue weighted by molar-refractivity contribution is -0.166. The molecule has 6 heteroatoms. The molecule has 3 rings (SSSR count). The summed E-state index contributed by atoms with van der Waals surface area (Å²) in [5, 5.41) is 12.0. The highest BCUT2D eigenvalue weighted by Crippen LogP contribution is 2.48. The van der Waals surface area contributed by atoms with Crippen molar-refractivity contribution in [1.29, 1.82) is 0 Å². The number of benzene rings is 2. The van der Waals surface area contributed by atoms with Gasteiger partial charge in [0, 0.05) is 18.3 Å². The monoisotopic (exact) mass is 383 g/mol. The van der Waals surface area contributed by atoms with E-state index in [1.54, 1.807) is 62.2 Å². The first-order valence-corrected chi connectivity index (χ1v) is 9.40. The summed E-state index contributed by atoms with van der Waals surface area (Å²) >= 11 is 0. The number of hydrogen-bond acceptors (Lipinski definition) is 6. The van der Waals surface area contributed by atoms with E-state index >= 15 is 0 Å². The van der Waals surface area contributed by atoms with Crippen LogP contribution in [0.3, 0.4) is 0 Å². The van der Waals surface area contributed by atoms with Crippen molar-refractivity contribution in [2.45, 2.75) is 25.5 Å². The van der Waals surface area contributed by atoms with Gasteiger partial charge in [0.1, 0.15) is 17.6 Å². The highest BCUT2D eigenvalue weighted by atomic mass is 16.5. The van der Waals surface area contributed by atoms with Crippen molar-refractivity contribution in [2.75, 3.05) is 25.2 Å². The highest BCUT2D eigenvalue weighted by Gasteiger charge is 2.58. The second-order valence-corrected chi connectivity index (χ2v) is 6.69. The molecule has 2 aromatic carbocycles. The Labute approximate surface area is 164 Å². The molecule has 0 radical (unpaired) electrons. The molecule has 0 saturated carbocycles. The topological polar surface area (TPSA) is 76.1 Å². The minimum absolute atomic E-state index is 0.140. The third-order valence-corrected chi connectivity index (χ3v) is 5.16. The molecule has 1 N–H and O–H groups in total. The molecule has 0 amide bonds. The number of hydrogen-bond donors (Lipinski definition) is 1. The molecule has 0 aromatic heterocycles. The van der Waals surface area contributed by atoms with Gasteiger partial charge in [0.25, 0.3) is 0 Å². The number of fused-ring (bicyclic) bond motifs is 1. The highest BCUT2D eigenvalue weighted by molar-refractivity contribution is 5.91. The Balaban J connectivity index is 2.29. The summed E-state index contributed by atoms with van der Waals surface area (Å²) in [5.74, 6) is -2.41. The molecule has 0 fully saturated rings. The molecule has 6 nitrogen and oxygen atoms in total. The third kappa shape index (κ3) is 3.14. The fourth-order valence-electron chi connectivity index (χ4n) is 3.95. The Hall–Kier alpha value is -2.86. The molecule has 1 heterocycles. The second kappa shape index (κ2) is 8.02. The molecule has 0 saturated heterocycles. The molecule has 3 atom stereocenters. The fourth-order valence-corrected chi connectivity index (χ4v) is 3.95. The zero-order chi connectivity index (χ0) is 20.3. The fraction of sp³-hybridized carbons (Fsp3) is 0.364.